The van der Waals surface area contributed by atoms with E-state index < -0.39 is 0 Å². The number of fused-ring (bicyclic) bond motifs is 1. The van der Waals surface area contributed by atoms with Gasteiger partial charge in [0.1, 0.15) is 5.60 Å². The van der Waals surface area contributed by atoms with E-state index in [0.717, 1.165) is 22.6 Å². The van der Waals surface area contributed by atoms with Crippen molar-refractivity contribution in [3.8, 4) is 11.5 Å². The van der Waals surface area contributed by atoms with Crippen LogP contribution in [0.15, 0.2) is 35.7 Å². The summed E-state index contributed by atoms with van der Waals surface area (Å²) in [6, 6.07) is 9.57. The molecule has 3 heterocycles. The third-order valence-corrected chi connectivity index (χ3v) is 6.21. The van der Waals surface area contributed by atoms with Crippen molar-refractivity contribution in [2.45, 2.75) is 25.9 Å². The van der Waals surface area contributed by atoms with Gasteiger partial charge in [0.15, 0.2) is 23.9 Å². The molecule has 4 rings (SSSR count). The molecule has 6 nitrogen and oxygen atoms in total. The van der Waals surface area contributed by atoms with Crippen LogP contribution in [0.3, 0.4) is 0 Å². The maximum absolute atomic E-state index is 12.6. The number of rotatable bonds is 6. The summed E-state index contributed by atoms with van der Waals surface area (Å²) < 4.78 is 11.8. The predicted molar refractivity (Wildman–Crippen MR) is 112 cm³/mol. The van der Waals surface area contributed by atoms with Gasteiger partial charge in [0.25, 0.3) is 5.91 Å². The number of amides is 1. The number of hydrogen-bond donors (Lipinski definition) is 0. The lowest BCUT2D eigenvalue weighted by atomic mass is 10.0. The van der Waals surface area contributed by atoms with Crippen LogP contribution in [0.25, 0.3) is 0 Å². The fourth-order valence-electron chi connectivity index (χ4n) is 3.81. The Kier molecular flexibility index (Phi) is 5.61. The number of Topliss-reactive ketones (excluding diaryl/α,β-unsaturated/α-hetero) is 1. The summed E-state index contributed by atoms with van der Waals surface area (Å²) in [5.74, 6) is 1.48. The van der Waals surface area contributed by atoms with Crippen molar-refractivity contribution < 1.29 is 19.1 Å². The maximum atomic E-state index is 12.6. The zero-order chi connectivity index (χ0) is 20.4. The Hall–Kier alpha value is -2.38. The van der Waals surface area contributed by atoms with Crippen LogP contribution in [0.2, 0.25) is 0 Å². The Morgan fingerprint density at radius 3 is 2.66 bits per heavy atom. The first-order chi connectivity index (χ1) is 13.9. The number of ether oxygens (including phenoxy) is 2. The second-order valence-electron chi connectivity index (χ2n) is 8.13. The number of thiophene rings is 1. The Morgan fingerprint density at radius 2 is 1.93 bits per heavy atom. The summed E-state index contributed by atoms with van der Waals surface area (Å²) >= 11 is 1.47. The van der Waals surface area contributed by atoms with Crippen molar-refractivity contribution in [1.29, 1.82) is 0 Å². The number of carbonyl (C=O) groups is 2. The molecule has 2 aromatic rings. The van der Waals surface area contributed by atoms with Gasteiger partial charge in [-0.25, -0.2) is 0 Å². The summed E-state index contributed by atoms with van der Waals surface area (Å²) in [5.41, 5.74) is 0.867. The molecule has 0 aliphatic carbocycles. The highest BCUT2D eigenvalue weighted by atomic mass is 32.1. The number of benzene rings is 1. The summed E-state index contributed by atoms with van der Waals surface area (Å²) in [6.45, 7) is 7.10. The molecule has 29 heavy (non-hydrogen) atoms. The second kappa shape index (κ2) is 8.16. The summed E-state index contributed by atoms with van der Waals surface area (Å²) in [4.78, 5) is 29.5. The van der Waals surface area contributed by atoms with Gasteiger partial charge in [0.05, 0.1) is 11.4 Å². The SMILES string of the molecule is CC1(C)Cc2cccc(OCC(=O)N3CCN(CC(=O)c4cccs4)CC3)c2O1. The number of para-hydroxylation sites is 1. The second-order valence-corrected chi connectivity index (χ2v) is 9.08. The molecule has 2 aliphatic rings. The van der Waals surface area contributed by atoms with Crippen LogP contribution in [0.4, 0.5) is 0 Å². The minimum absolute atomic E-state index is 0.00559. The molecule has 0 saturated carbocycles. The highest BCUT2D eigenvalue weighted by Gasteiger charge is 2.32. The lowest BCUT2D eigenvalue weighted by Crippen LogP contribution is -2.51. The first kappa shape index (κ1) is 19.9. The molecular formula is C22H26N2O4S. The molecule has 0 spiro atoms. The van der Waals surface area contributed by atoms with E-state index in [1.807, 2.05) is 49.6 Å². The number of piperazine rings is 1. The molecule has 0 unspecified atom stereocenters. The van der Waals surface area contributed by atoms with Crippen LogP contribution >= 0.6 is 11.3 Å². The van der Waals surface area contributed by atoms with Crippen molar-refractivity contribution in [3.05, 3.63) is 46.2 Å². The number of hydrogen-bond acceptors (Lipinski definition) is 6. The largest absolute Gasteiger partial charge is 0.483 e. The molecule has 7 heteroatoms. The maximum Gasteiger partial charge on any atom is 0.260 e. The van der Waals surface area contributed by atoms with Gasteiger partial charge in [-0.05, 0) is 31.4 Å². The predicted octanol–water partition coefficient (Wildman–Crippen LogP) is 2.87. The van der Waals surface area contributed by atoms with E-state index in [9.17, 15) is 9.59 Å². The van der Waals surface area contributed by atoms with Gasteiger partial charge in [-0.2, -0.15) is 0 Å². The third-order valence-electron chi connectivity index (χ3n) is 5.29. The van der Waals surface area contributed by atoms with E-state index in [1.165, 1.54) is 11.3 Å². The Bertz CT molecular complexity index is 886. The van der Waals surface area contributed by atoms with Crippen LogP contribution in [0.5, 0.6) is 11.5 Å². The fourth-order valence-corrected chi connectivity index (χ4v) is 4.46. The lowest BCUT2D eigenvalue weighted by Gasteiger charge is -2.34. The zero-order valence-corrected chi connectivity index (χ0v) is 17.7. The summed E-state index contributed by atoms with van der Waals surface area (Å²) in [5, 5.41) is 1.91. The van der Waals surface area contributed by atoms with Crippen LogP contribution in [-0.4, -0.2) is 66.4 Å². The first-order valence-electron chi connectivity index (χ1n) is 9.92. The van der Waals surface area contributed by atoms with Crippen molar-refractivity contribution >= 4 is 23.0 Å². The molecule has 1 amide bonds. The van der Waals surface area contributed by atoms with Gasteiger partial charge in [-0.1, -0.05) is 18.2 Å². The smallest absolute Gasteiger partial charge is 0.260 e. The van der Waals surface area contributed by atoms with Crippen LogP contribution in [0, 0.1) is 0 Å². The van der Waals surface area contributed by atoms with E-state index in [0.29, 0.717) is 38.5 Å². The molecule has 1 fully saturated rings. The molecule has 0 bridgehead atoms. The molecule has 2 aliphatic heterocycles. The molecular weight excluding hydrogens is 388 g/mol. The minimum atomic E-state index is -0.247. The average Bonchev–Trinajstić information content (AvgIpc) is 3.33. The zero-order valence-electron chi connectivity index (χ0n) is 16.8. The van der Waals surface area contributed by atoms with Gasteiger partial charge >= 0.3 is 0 Å². The van der Waals surface area contributed by atoms with Gasteiger partial charge in [-0.15, -0.1) is 11.3 Å². The standard InChI is InChI=1S/C22H26N2O4S/c1-22(2)13-16-5-3-6-18(21(16)28-22)27-15-20(26)24-10-8-23(9-11-24)14-17(25)19-7-4-12-29-19/h3-7,12H,8-11,13-15H2,1-2H3. The van der Waals surface area contributed by atoms with Crippen molar-refractivity contribution in [2.24, 2.45) is 0 Å². The molecule has 0 radical (unpaired) electrons. The van der Waals surface area contributed by atoms with Gasteiger partial charge in [0, 0.05) is 38.2 Å². The minimum Gasteiger partial charge on any atom is -0.483 e. The van der Waals surface area contributed by atoms with E-state index in [4.69, 9.17) is 9.47 Å². The topological polar surface area (TPSA) is 59.1 Å². The highest BCUT2D eigenvalue weighted by molar-refractivity contribution is 7.12. The van der Waals surface area contributed by atoms with E-state index >= 15 is 0 Å². The third kappa shape index (κ3) is 4.62. The lowest BCUT2D eigenvalue weighted by molar-refractivity contribution is -0.135. The first-order valence-corrected chi connectivity index (χ1v) is 10.8. The fraction of sp³-hybridized carbons (Fsp3) is 0.455. The van der Waals surface area contributed by atoms with Crippen LogP contribution < -0.4 is 9.47 Å². The summed E-state index contributed by atoms with van der Waals surface area (Å²) in [6.07, 6.45) is 0.833. The van der Waals surface area contributed by atoms with Crippen molar-refractivity contribution in [2.75, 3.05) is 39.3 Å². The molecule has 154 valence electrons. The molecule has 0 N–H and O–H groups in total. The van der Waals surface area contributed by atoms with Crippen molar-refractivity contribution in [1.82, 2.24) is 9.80 Å². The molecule has 1 saturated heterocycles. The molecule has 0 atom stereocenters. The quantitative estimate of drug-likeness (QED) is 0.681. The summed E-state index contributed by atoms with van der Waals surface area (Å²) in [7, 11) is 0. The van der Waals surface area contributed by atoms with Crippen molar-refractivity contribution in [3.63, 3.8) is 0 Å². The van der Waals surface area contributed by atoms with E-state index in [-0.39, 0.29) is 23.9 Å². The van der Waals surface area contributed by atoms with Gasteiger partial charge < -0.3 is 14.4 Å². The van der Waals surface area contributed by atoms with Gasteiger partial charge in [0.2, 0.25) is 0 Å². The number of ketones is 1. The van der Waals surface area contributed by atoms with Gasteiger partial charge in [-0.3, -0.25) is 14.5 Å². The van der Waals surface area contributed by atoms with Crippen LogP contribution in [-0.2, 0) is 11.2 Å². The van der Waals surface area contributed by atoms with Crippen LogP contribution in [0.1, 0.15) is 29.1 Å². The number of nitrogens with zero attached hydrogens (tertiary/aromatic N) is 2. The Morgan fingerprint density at radius 1 is 1.14 bits per heavy atom. The Labute approximate surface area is 175 Å². The number of carbonyl (C=O) groups excluding carboxylic acids is 2. The Balaban J connectivity index is 1.26. The highest BCUT2D eigenvalue weighted by Crippen LogP contribution is 2.41. The molecule has 1 aromatic carbocycles. The van der Waals surface area contributed by atoms with E-state index in [2.05, 4.69) is 4.90 Å². The van der Waals surface area contributed by atoms with E-state index in [1.54, 1.807) is 4.90 Å². The average molecular weight is 415 g/mol. The monoisotopic (exact) mass is 414 g/mol. The normalized spacial score (nSPS) is 18.2. The molecule has 1 aromatic heterocycles.